The van der Waals surface area contributed by atoms with Crippen LogP contribution in [0.4, 0.5) is 0 Å². The lowest BCUT2D eigenvalue weighted by Crippen LogP contribution is -2.04. The summed E-state index contributed by atoms with van der Waals surface area (Å²) in [4.78, 5) is 4.46. The summed E-state index contributed by atoms with van der Waals surface area (Å²) in [6.07, 6.45) is 4.48. The highest BCUT2D eigenvalue weighted by molar-refractivity contribution is 5.78. The van der Waals surface area contributed by atoms with Crippen LogP contribution in [0.25, 0.3) is 23.3 Å². The first kappa shape index (κ1) is 15.1. The van der Waals surface area contributed by atoms with Gasteiger partial charge >= 0.3 is 0 Å². The van der Waals surface area contributed by atoms with Crippen molar-refractivity contribution in [3.8, 4) is 22.9 Å². The number of rotatable bonds is 1. The van der Waals surface area contributed by atoms with Crippen LogP contribution in [0.5, 0.6) is 5.75 Å². The van der Waals surface area contributed by atoms with Crippen LogP contribution in [0.1, 0.15) is 34.1 Å². The fourth-order valence-corrected chi connectivity index (χ4v) is 3.13. The largest absolute Gasteiger partial charge is 0.508 e. The number of hydrogen-bond donors (Lipinski definition) is 2. The number of phenolic OH excluding ortho intramolecular Hbond substituents is 1. The summed E-state index contributed by atoms with van der Waals surface area (Å²) in [5.41, 5.74) is 4.89. The molecule has 120 valence electrons. The molecule has 25 heavy (non-hydrogen) atoms. The molecule has 1 aliphatic rings. The Labute approximate surface area is 145 Å². The van der Waals surface area contributed by atoms with Gasteiger partial charge in [-0.2, -0.15) is 5.26 Å². The minimum absolute atomic E-state index is 0.178. The van der Waals surface area contributed by atoms with Crippen molar-refractivity contribution in [2.45, 2.75) is 6.10 Å². The van der Waals surface area contributed by atoms with Crippen LogP contribution >= 0.6 is 0 Å². The molecule has 0 saturated carbocycles. The number of hydrogen-bond acceptors (Lipinski definition) is 4. The van der Waals surface area contributed by atoms with E-state index in [4.69, 9.17) is 0 Å². The van der Waals surface area contributed by atoms with Crippen molar-refractivity contribution in [2.24, 2.45) is 0 Å². The molecule has 0 radical (unpaired) electrons. The number of pyridine rings is 1. The van der Waals surface area contributed by atoms with Crippen molar-refractivity contribution in [2.75, 3.05) is 0 Å². The van der Waals surface area contributed by atoms with E-state index < -0.39 is 6.10 Å². The van der Waals surface area contributed by atoms with E-state index in [0.717, 1.165) is 16.7 Å². The van der Waals surface area contributed by atoms with Crippen LogP contribution in [0, 0.1) is 11.3 Å². The smallest absolute Gasteiger partial charge is 0.116 e. The summed E-state index contributed by atoms with van der Waals surface area (Å²) in [5.74, 6) is 0.178. The number of aromatic nitrogens is 1. The Bertz CT molecular complexity index is 1050. The van der Waals surface area contributed by atoms with E-state index in [1.165, 1.54) is 0 Å². The number of aliphatic hydroxyl groups excluding tert-OH is 1. The van der Waals surface area contributed by atoms with Gasteiger partial charge in [0.2, 0.25) is 0 Å². The van der Waals surface area contributed by atoms with Crippen molar-refractivity contribution in [1.29, 1.82) is 5.26 Å². The summed E-state index contributed by atoms with van der Waals surface area (Å²) in [6.45, 7) is 0. The van der Waals surface area contributed by atoms with Crippen molar-refractivity contribution in [1.82, 2.24) is 4.98 Å². The average Bonchev–Trinajstić information content (AvgIpc) is 2.78. The number of benzene rings is 2. The first-order valence-corrected chi connectivity index (χ1v) is 7.86. The first-order chi connectivity index (χ1) is 12.2. The van der Waals surface area contributed by atoms with E-state index in [-0.39, 0.29) is 5.75 Å². The fraction of sp³-hybridized carbons (Fsp3) is 0.0476. The highest BCUT2D eigenvalue weighted by Crippen LogP contribution is 2.35. The number of aliphatic hydroxyl groups is 1. The maximum absolute atomic E-state index is 10.9. The Morgan fingerprint density at radius 1 is 0.960 bits per heavy atom. The van der Waals surface area contributed by atoms with Gasteiger partial charge < -0.3 is 10.2 Å². The maximum atomic E-state index is 10.9. The summed E-state index contributed by atoms with van der Waals surface area (Å²) < 4.78 is 0. The third-order valence-electron chi connectivity index (χ3n) is 4.39. The zero-order valence-corrected chi connectivity index (χ0v) is 13.2. The summed E-state index contributed by atoms with van der Waals surface area (Å²) in [7, 11) is 0. The standard InChI is InChI=1S/C21H14N2O2/c22-11-14-4-2-6-18-17(14)7-8-20-19(21(18)25)10-15(12-23-20)13-3-1-5-16(24)9-13/h1-10,12,21,24-25H. The van der Waals surface area contributed by atoms with Gasteiger partial charge in [-0.25, -0.2) is 0 Å². The zero-order valence-electron chi connectivity index (χ0n) is 13.2. The minimum Gasteiger partial charge on any atom is -0.508 e. The van der Waals surface area contributed by atoms with E-state index in [1.807, 2.05) is 30.4 Å². The highest BCUT2D eigenvalue weighted by atomic mass is 16.3. The molecule has 1 aromatic heterocycles. The number of aromatic hydroxyl groups is 1. The van der Waals surface area contributed by atoms with Gasteiger partial charge in [-0.3, -0.25) is 4.98 Å². The molecule has 1 aliphatic carbocycles. The topological polar surface area (TPSA) is 77.1 Å². The number of fused-ring (bicyclic) bond motifs is 2. The van der Waals surface area contributed by atoms with Crippen LogP contribution in [0.15, 0.2) is 54.7 Å². The lowest BCUT2D eigenvalue weighted by Gasteiger charge is -2.15. The normalized spacial score (nSPS) is 15.0. The Morgan fingerprint density at radius 3 is 2.60 bits per heavy atom. The third kappa shape index (κ3) is 2.57. The molecule has 4 rings (SSSR count). The van der Waals surface area contributed by atoms with Gasteiger partial charge in [0.1, 0.15) is 11.9 Å². The lowest BCUT2D eigenvalue weighted by atomic mass is 9.94. The molecule has 4 heteroatoms. The van der Waals surface area contributed by atoms with E-state index in [2.05, 4.69) is 11.1 Å². The van der Waals surface area contributed by atoms with Gasteiger partial charge in [-0.15, -0.1) is 0 Å². The van der Waals surface area contributed by atoms with E-state index >= 15 is 0 Å². The van der Waals surface area contributed by atoms with Gasteiger partial charge in [0.15, 0.2) is 0 Å². The van der Waals surface area contributed by atoms with Crippen molar-refractivity contribution in [3.05, 3.63) is 82.7 Å². The number of nitrogens with zero attached hydrogens (tertiary/aromatic N) is 2. The minimum atomic E-state index is -0.877. The molecular formula is C21H14N2O2. The van der Waals surface area contributed by atoms with Gasteiger partial charge in [0, 0.05) is 17.3 Å². The monoisotopic (exact) mass is 326 g/mol. The molecule has 0 amide bonds. The SMILES string of the molecule is N#Cc1cccc2c1C=Cc1ncc(-c3cccc(O)c3)cc1C2O. The molecule has 0 aliphatic heterocycles. The molecule has 0 fully saturated rings. The number of phenols is 1. The second-order valence-electron chi connectivity index (χ2n) is 5.90. The van der Waals surface area contributed by atoms with Crippen molar-refractivity contribution in [3.63, 3.8) is 0 Å². The molecule has 2 N–H and O–H groups in total. The summed E-state index contributed by atoms with van der Waals surface area (Å²) >= 11 is 0. The highest BCUT2D eigenvalue weighted by Gasteiger charge is 2.22. The molecule has 3 aromatic rings. The molecular weight excluding hydrogens is 312 g/mol. The zero-order chi connectivity index (χ0) is 17.4. The van der Waals surface area contributed by atoms with E-state index in [1.54, 1.807) is 36.5 Å². The molecule has 0 saturated heterocycles. The van der Waals surface area contributed by atoms with Crippen LogP contribution < -0.4 is 0 Å². The number of nitriles is 1. The van der Waals surface area contributed by atoms with Crippen LogP contribution in [-0.4, -0.2) is 15.2 Å². The predicted octanol–water partition coefficient (Wildman–Crippen LogP) is 3.89. The van der Waals surface area contributed by atoms with Crippen molar-refractivity contribution >= 4 is 12.2 Å². The molecule has 2 aromatic carbocycles. The Kier molecular flexibility index (Phi) is 3.57. The molecule has 4 nitrogen and oxygen atoms in total. The van der Waals surface area contributed by atoms with Gasteiger partial charge in [-0.1, -0.05) is 30.3 Å². The van der Waals surface area contributed by atoms with Gasteiger partial charge in [0.25, 0.3) is 0 Å². The first-order valence-electron chi connectivity index (χ1n) is 7.86. The Balaban J connectivity index is 1.88. The van der Waals surface area contributed by atoms with Crippen molar-refractivity contribution < 1.29 is 10.2 Å². The molecule has 1 atom stereocenters. The van der Waals surface area contributed by atoms with E-state index in [0.29, 0.717) is 22.4 Å². The van der Waals surface area contributed by atoms with Crippen LogP contribution in [0.3, 0.4) is 0 Å². The third-order valence-corrected chi connectivity index (χ3v) is 4.39. The van der Waals surface area contributed by atoms with Gasteiger partial charge in [-0.05, 0) is 47.0 Å². The Morgan fingerprint density at radius 2 is 1.80 bits per heavy atom. The van der Waals surface area contributed by atoms with Crippen LogP contribution in [0.2, 0.25) is 0 Å². The van der Waals surface area contributed by atoms with Crippen LogP contribution in [-0.2, 0) is 0 Å². The molecule has 1 unspecified atom stereocenters. The summed E-state index contributed by atoms with van der Waals surface area (Å²) in [6, 6.07) is 16.3. The Hall–Kier alpha value is -3.42. The summed E-state index contributed by atoms with van der Waals surface area (Å²) in [5, 5.41) is 29.9. The second-order valence-corrected chi connectivity index (χ2v) is 5.90. The van der Waals surface area contributed by atoms with Gasteiger partial charge in [0.05, 0.1) is 17.3 Å². The lowest BCUT2D eigenvalue weighted by molar-refractivity contribution is 0.219. The average molecular weight is 326 g/mol. The molecule has 0 bridgehead atoms. The fourth-order valence-electron chi connectivity index (χ4n) is 3.13. The van der Waals surface area contributed by atoms with E-state index in [9.17, 15) is 15.5 Å². The quantitative estimate of drug-likeness (QED) is 0.711. The maximum Gasteiger partial charge on any atom is 0.116 e. The second kappa shape index (κ2) is 5.90. The molecule has 0 spiro atoms. The molecule has 1 heterocycles. The predicted molar refractivity (Wildman–Crippen MR) is 95.5 cm³/mol.